The Kier molecular flexibility index (Phi) is 5.78. The molecule has 0 radical (unpaired) electrons. The zero-order valence-corrected chi connectivity index (χ0v) is 11.1. The molecule has 0 aliphatic heterocycles. The Hall–Kier alpha value is -1.28. The number of nitrogen functional groups attached to an aromatic ring is 1. The van der Waals surface area contributed by atoms with Crippen LogP contribution in [-0.4, -0.2) is 24.5 Å². The van der Waals surface area contributed by atoms with Crippen molar-refractivity contribution in [2.45, 2.75) is 26.7 Å². The summed E-state index contributed by atoms with van der Waals surface area (Å²) in [6, 6.07) is 8.13. The monoisotopic (exact) mass is 232 g/mol. The summed E-state index contributed by atoms with van der Waals surface area (Å²) < 4.78 is 0. The van der Waals surface area contributed by atoms with Crippen molar-refractivity contribution in [3.8, 4) is 0 Å². The van der Waals surface area contributed by atoms with E-state index in [4.69, 9.17) is 5.73 Å². The molecule has 0 saturated carbocycles. The number of anilines is 1. The molecular formula is C15H24N2. The second kappa shape index (κ2) is 7.13. The largest absolute Gasteiger partial charge is 0.399 e. The molecule has 0 saturated heterocycles. The number of nitrogens with two attached hydrogens (primary N) is 1. The normalized spacial score (nSPS) is 10.8. The second-order valence-corrected chi connectivity index (χ2v) is 4.63. The highest BCUT2D eigenvalue weighted by Gasteiger charge is 2.03. The van der Waals surface area contributed by atoms with Gasteiger partial charge in [0.15, 0.2) is 0 Å². The third kappa shape index (κ3) is 5.05. The minimum absolute atomic E-state index is 0.912. The number of hydrogen-bond acceptors (Lipinski definition) is 2. The molecule has 1 aromatic carbocycles. The van der Waals surface area contributed by atoms with Crippen LogP contribution in [0.5, 0.6) is 0 Å². The summed E-state index contributed by atoms with van der Waals surface area (Å²) in [6.45, 7) is 11.4. The highest BCUT2D eigenvalue weighted by atomic mass is 15.1. The molecule has 1 aromatic rings. The zero-order valence-electron chi connectivity index (χ0n) is 11.1. The fourth-order valence-electron chi connectivity index (χ4n) is 1.99. The fraction of sp³-hybridized carbons (Fsp3) is 0.467. The van der Waals surface area contributed by atoms with Gasteiger partial charge in [0, 0.05) is 12.2 Å². The van der Waals surface area contributed by atoms with Crippen molar-refractivity contribution in [1.29, 1.82) is 0 Å². The first-order chi connectivity index (χ1) is 8.13. The molecule has 2 nitrogen and oxygen atoms in total. The molecule has 94 valence electrons. The lowest BCUT2D eigenvalue weighted by molar-refractivity contribution is 0.308. The van der Waals surface area contributed by atoms with Gasteiger partial charge in [-0.05, 0) is 44.5 Å². The van der Waals surface area contributed by atoms with Gasteiger partial charge in [0.1, 0.15) is 0 Å². The lowest BCUT2D eigenvalue weighted by atomic mass is 10.1. The molecule has 0 bridgehead atoms. The van der Waals surface area contributed by atoms with Gasteiger partial charge in [0.25, 0.3) is 0 Å². The van der Waals surface area contributed by atoms with Crippen LogP contribution >= 0.6 is 0 Å². The zero-order chi connectivity index (χ0) is 12.7. The van der Waals surface area contributed by atoms with Crippen LogP contribution in [0.4, 0.5) is 5.69 Å². The third-order valence-electron chi connectivity index (χ3n) is 2.92. The first-order valence-electron chi connectivity index (χ1n) is 6.33. The summed E-state index contributed by atoms with van der Waals surface area (Å²) >= 11 is 0. The number of aryl methyl sites for hydroxylation is 1. The molecule has 0 aliphatic rings. The molecule has 0 atom stereocenters. The van der Waals surface area contributed by atoms with E-state index in [1.807, 2.05) is 12.1 Å². The topological polar surface area (TPSA) is 29.3 Å². The average molecular weight is 232 g/mol. The van der Waals surface area contributed by atoms with E-state index in [0.29, 0.717) is 0 Å². The Morgan fingerprint density at radius 3 is 2.65 bits per heavy atom. The van der Waals surface area contributed by atoms with Gasteiger partial charge in [-0.15, -0.1) is 0 Å². The summed E-state index contributed by atoms with van der Waals surface area (Å²) in [5.74, 6) is 0. The maximum absolute atomic E-state index is 5.92. The Morgan fingerprint density at radius 1 is 1.35 bits per heavy atom. The van der Waals surface area contributed by atoms with Crippen LogP contribution in [0, 0.1) is 0 Å². The summed E-state index contributed by atoms with van der Waals surface area (Å²) in [4.78, 5) is 2.42. The fourth-order valence-corrected chi connectivity index (χ4v) is 1.99. The van der Waals surface area contributed by atoms with Crippen molar-refractivity contribution < 1.29 is 0 Å². The molecule has 17 heavy (non-hydrogen) atoms. The van der Waals surface area contributed by atoms with E-state index in [9.17, 15) is 0 Å². The van der Waals surface area contributed by atoms with Crippen LogP contribution in [0.25, 0.3) is 0 Å². The van der Waals surface area contributed by atoms with Crippen LogP contribution in [-0.2, 0) is 6.42 Å². The molecule has 0 aromatic heterocycles. The molecule has 0 aliphatic carbocycles. The van der Waals surface area contributed by atoms with Gasteiger partial charge in [0.05, 0.1) is 0 Å². The SMILES string of the molecule is C=C(C)CN(CC)CCCc1ccccc1N. The summed E-state index contributed by atoms with van der Waals surface area (Å²) in [5.41, 5.74) is 9.33. The van der Waals surface area contributed by atoms with Crippen molar-refractivity contribution in [2.75, 3.05) is 25.4 Å². The maximum Gasteiger partial charge on any atom is 0.0346 e. The van der Waals surface area contributed by atoms with Gasteiger partial charge < -0.3 is 5.73 Å². The molecule has 0 fully saturated rings. The van der Waals surface area contributed by atoms with E-state index < -0.39 is 0 Å². The van der Waals surface area contributed by atoms with E-state index in [-0.39, 0.29) is 0 Å². The molecular weight excluding hydrogens is 208 g/mol. The molecule has 1 rings (SSSR count). The van der Waals surface area contributed by atoms with E-state index in [0.717, 1.165) is 38.2 Å². The summed E-state index contributed by atoms with van der Waals surface area (Å²) in [7, 11) is 0. The lowest BCUT2D eigenvalue weighted by Gasteiger charge is -2.20. The molecule has 2 heteroatoms. The van der Waals surface area contributed by atoms with E-state index in [2.05, 4.69) is 37.5 Å². The standard InChI is InChI=1S/C15H24N2/c1-4-17(12-13(2)3)11-7-9-14-8-5-6-10-15(14)16/h5-6,8,10H,2,4,7,9,11-12,16H2,1,3H3. The average Bonchev–Trinajstić information content (AvgIpc) is 2.29. The van der Waals surface area contributed by atoms with Crippen LogP contribution < -0.4 is 5.73 Å². The van der Waals surface area contributed by atoms with E-state index in [1.54, 1.807) is 0 Å². The van der Waals surface area contributed by atoms with Crippen molar-refractivity contribution in [1.82, 2.24) is 4.90 Å². The van der Waals surface area contributed by atoms with Crippen molar-refractivity contribution in [3.05, 3.63) is 42.0 Å². The van der Waals surface area contributed by atoms with Gasteiger partial charge >= 0.3 is 0 Å². The molecule has 2 N–H and O–H groups in total. The second-order valence-electron chi connectivity index (χ2n) is 4.63. The minimum Gasteiger partial charge on any atom is -0.399 e. The number of benzene rings is 1. The van der Waals surface area contributed by atoms with Gasteiger partial charge in [-0.1, -0.05) is 37.3 Å². The number of nitrogens with zero attached hydrogens (tertiary/aromatic N) is 1. The van der Waals surface area contributed by atoms with Gasteiger partial charge in [-0.25, -0.2) is 0 Å². The Balaban J connectivity index is 2.36. The van der Waals surface area contributed by atoms with Gasteiger partial charge in [-0.3, -0.25) is 4.90 Å². The molecule has 0 heterocycles. The van der Waals surface area contributed by atoms with Crippen molar-refractivity contribution in [3.63, 3.8) is 0 Å². The maximum atomic E-state index is 5.92. The first kappa shape index (κ1) is 13.8. The van der Waals surface area contributed by atoms with Crippen LogP contribution in [0.15, 0.2) is 36.4 Å². The summed E-state index contributed by atoms with van der Waals surface area (Å²) in [6.07, 6.45) is 2.20. The minimum atomic E-state index is 0.912. The molecule has 0 spiro atoms. The Labute approximate surface area is 105 Å². The van der Waals surface area contributed by atoms with E-state index in [1.165, 1.54) is 11.1 Å². The highest BCUT2D eigenvalue weighted by Crippen LogP contribution is 2.13. The molecule has 0 amide bonds. The van der Waals surface area contributed by atoms with Crippen LogP contribution in [0.1, 0.15) is 25.8 Å². The van der Waals surface area contributed by atoms with Crippen molar-refractivity contribution in [2.24, 2.45) is 0 Å². The predicted molar refractivity (Wildman–Crippen MR) is 76.1 cm³/mol. The van der Waals surface area contributed by atoms with Crippen LogP contribution in [0.2, 0.25) is 0 Å². The summed E-state index contributed by atoms with van der Waals surface area (Å²) in [5, 5.41) is 0. The third-order valence-corrected chi connectivity index (χ3v) is 2.92. The predicted octanol–water partition coefficient (Wildman–Crippen LogP) is 3.10. The number of likely N-dealkylation sites (N-methyl/N-ethyl adjacent to an activating group) is 1. The molecule has 0 unspecified atom stereocenters. The number of hydrogen-bond donors (Lipinski definition) is 1. The van der Waals surface area contributed by atoms with Gasteiger partial charge in [-0.2, -0.15) is 0 Å². The Morgan fingerprint density at radius 2 is 2.06 bits per heavy atom. The lowest BCUT2D eigenvalue weighted by Crippen LogP contribution is -2.26. The number of rotatable bonds is 7. The number of para-hydroxylation sites is 1. The van der Waals surface area contributed by atoms with Crippen molar-refractivity contribution >= 4 is 5.69 Å². The highest BCUT2D eigenvalue weighted by molar-refractivity contribution is 5.46. The smallest absolute Gasteiger partial charge is 0.0346 e. The Bertz CT molecular complexity index is 358. The van der Waals surface area contributed by atoms with E-state index >= 15 is 0 Å². The van der Waals surface area contributed by atoms with Crippen LogP contribution in [0.3, 0.4) is 0 Å². The van der Waals surface area contributed by atoms with Gasteiger partial charge in [0.2, 0.25) is 0 Å². The quantitative estimate of drug-likeness (QED) is 0.578. The first-order valence-corrected chi connectivity index (χ1v) is 6.33.